The maximum atomic E-state index is 12.2. The number of rotatable bonds is 5. The summed E-state index contributed by atoms with van der Waals surface area (Å²) in [6.07, 6.45) is 3.90. The van der Waals surface area contributed by atoms with Gasteiger partial charge in [-0.15, -0.1) is 0 Å². The molecule has 0 unspecified atom stereocenters. The summed E-state index contributed by atoms with van der Waals surface area (Å²) in [5.41, 5.74) is 13.5. The van der Waals surface area contributed by atoms with E-state index in [0.29, 0.717) is 5.69 Å². The average molecular weight is 955 g/mol. The Morgan fingerprint density at radius 2 is 1.07 bits per heavy atom. The molecular weight excluding hydrogens is 912 g/mol. The standard InChI is InChI=1S/2C19H19N2.C9H5F3N3.Ir/c2*1-14-7-5-9-18(11-14)20-13-21(17(4)16(20)3)19-10-6-8-15(2)12-19;10-9(11,12)8-5-7(14-15-8)6-3-1-2-4-13-6;/h2*5-9,11-12H,1-4H3;1-5H;/q3*-1;. The number of aryl methyl sites for hydroxylation is 4. The first-order valence-corrected chi connectivity index (χ1v) is 18.4. The molecule has 0 saturated carbocycles. The summed E-state index contributed by atoms with van der Waals surface area (Å²) in [6.45, 7) is 16.9. The second kappa shape index (κ2) is 18.6. The van der Waals surface area contributed by atoms with E-state index >= 15 is 0 Å². The minimum Gasteiger partial charge on any atom is -0.573 e. The van der Waals surface area contributed by atoms with Crippen molar-refractivity contribution in [3.8, 4) is 34.1 Å². The predicted octanol–water partition coefficient (Wildman–Crippen LogP) is 9.29. The number of hydrogen-bond acceptors (Lipinski definition) is 2. The van der Waals surface area contributed by atoms with Crippen molar-refractivity contribution in [1.29, 1.82) is 0 Å². The van der Waals surface area contributed by atoms with Crippen molar-refractivity contribution in [2.75, 3.05) is 0 Å². The molecule has 0 bridgehead atoms. The second-order valence-electron chi connectivity index (χ2n) is 13.9. The molecule has 11 heteroatoms. The Morgan fingerprint density at radius 1 is 0.586 bits per heavy atom. The first-order chi connectivity index (χ1) is 27.2. The quantitative estimate of drug-likeness (QED) is 0.128. The molecule has 0 atom stereocenters. The van der Waals surface area contributed by atoms with Crippen LogP contribution in [0.15, 0.2) is 115 Å². The molecule has 299 valence electrons. The van der Waals surface area contributed by atoms with Gasteiger partial charge < -0.3 is 19.3 Å². The van der Waals surface area contributed by atoms with E-state index in [-0.39, 0.29) is 25.8 Å². The van der Waals surface area contributed by atoms with E-state index in [1.54, 1.807) is 18.2 Å². The minimum atomic E-state index is -4.46. The van der Waals surface area contributed by atoms with Gasteiger partial charge in [-0.05, 0) is 95.4 Å². The third kappa shape index (κ3) is 10.1. The number of pyridine rings is 1. The van der Waals surface area contributed by atoms with Gasteiger partial charge in [-0.1, -0.05) is 61.0 Å². The summed E-state index contributed by atoms with van der Waals surface area (Å²) in [5, 5.41) is 6.47. The van der Waals surface area contributed by atoms with E-state index in [0.717, 1.165) is 28.8 Å². The largest absolute Gasteiger partial charge is 0.573 e. The van der Waals surface area contributed by atoms with Crippen LogP contribution in [-0.4, -0.2) is 19.2 Å². The van der Waals surface area contributed by atoms with Crippen LogP contribution in [0.1, 0.15) is 50.7 Å². The first-order valence-electron chi connectivity index (χ1n) is 18.4. The van der Waals surface area contributed by atoms with Gasteiger partial charge in [0, 0.05) is 43.4 Å². The summed E-state index contributed by atoms with van der Waals surface area (Å²) in [6, 6.07) is 41.6. The maximum Gasteiger partial charge on any atom is 0.431 e. The van der Waals surface area contributed by atoms with Crippen LogP contribution in [0.2, 0.25) is 0 Å². The fourth-order valence-corrected chi connectivity index (χ4v) is 6.11. The summed E-state index contributed by atoms with van der Waals surface area (Å²) in [5.74, 6) is 0. The molecule has 0 aliphatic rings. The Morgan fingerprint density at radius 3 is 1.47 bits per heavy atom. The molecule has 4 aromatic carbocycles. The number of halogens is 3. The van der Waals surface area contributed by atoms with Crippen LogP contribution in [0.25, 0.3) is 34.1 Å². The number of aromatic nitrogens is 7. The molecule has 0 aliphatic heterocycles. The van der Waals surface area contributed by atoms with Gasteiger partial charge in [0.1, 0.15) is 5.69 Å². The first kappa shape index (κ1) is 43.2. The predicted molar refractivity (Wildman–Crippen MR) is 214 cm³/mol. The van der Waals surface area contributed by atoms with Crippen LogP contribution in [0.5, 0.6) is 0 Å². The number of hydrogen-bond donors (Lipinski definition) is 0. The number of benzene rings is 4. The molecule has 4 aromatic heterocycles. The van der Waals surface area contributed by atoms with Gasteiger partial charge in [0.25, 0.3) is 12.7 Å². The van der Waals surface area contributed by atoms with Crippen LogP contribution in [-0.2, 0) is 26.3 Å². The van der Waals surface area contributed by atoms with E-state index in [1.807, 2.05) is 12.1 Å². The van der Waals surface area contributed by atoms with Crippen molar-refractivity contribution in [1.82, 2.24) is 24.3 Å². The SMILES string of the molecule is Cc1cc[c-]c(-n2[c-][n+](-c3cccc(C)c3)c(C)c2C)c1.Cc1cc[c-]c(-n2[c-][n+](-c3cccc(C)c3)c(C)c2C)c1.FC(F)(F)c1cc(-c2ccccn2)[n-]n1.[Ir]. The third-order valence-electron chi connectivity index (χ3n) is 9.43. The molecule has 7 nitrogen and oxygen atoms in total. The fraction of sp³-hybridized carbons (Fsp3) is 0.191. The molecule has 1 radical (unpaired) electrons. The molecule has 58 heavy (non-hydrogen) atoms. The third-order valence-corrected chi connectivity index (χ3v) is 9.43. The van der Waals surface area contributed by atoms with Gasteiger partial charge in [0.05, 0.1) is 22.8 Å². The van der Waals surface area contributed by atoms with Crippen LogP contribution < -0.4 is 14.2 Å². The van der Waals surface area contributed by atoms with Crippen molar-refractivity contribution >= 4 is 0 Å². The Balaban J connectivity index is 0.000000167. The molecule has 8 aromatic rings. The van der Waals surface area contributed by atoms with E-state index in [2.05, 4.69) is 186 Å². The zero-order chi connectivity index (χ0) is 40.9. The molecule has 0 amide bonds. The summed E-state index contributed by atoms with van der Waals surface area (Å²) in [7, 11) is 0. The van der Waals surface area contributed by atoms with Crippen molar-refractivity contribution in [2.45, 2.75) is 61.6 Å². The van der Waals surface area contributed by atoms with E-state index in [4.69, 9.17) is 0 Å². The average Bonchev–Trinajstić information content (AvgIpc) is 3.89. The topological polar surface area (TPSA) is 57.5 Å². The fourth-order valence-electron chi connectivity index (χ4n) is 6.11. The zero-order valence-corrected chi connectivity index (χ0v) is 36.0. The molecule has 0 spiro atoms. The molecule has 0 N–H and O–H groups in total. The van der Waals surface area contributed by atoms with Crippen molar-refractivity contribution in [3.63, 3.8) is 0 Å². The molecule has 0 aliphatic carbocycles. The van der Waals surface area contributed by atoms with Gasteiger partial charge >= 0.3 is 6.18 Å². The number of imidazole rings is 2. The van der Waals surface area contributed by atoms with Gasteiger partial charge in [-0.3, -0.25) is 14.1 Å². The van der Waals surface area contributed by atoms with Gasteiger partial charge in [0.2, 0.25) is 0 Å². The van der Waals surface area contributed by atoms with Crippen molar-refractivity contribution in [3.05, 3.63) is 191 Å². The van der Waals surface area contributed by atoms with E-state index in [9.17, 15) is 13.2 Å². The number of alkyl halides is 3. The normalized spacial score (nSPS) is 10.9. The van der Waals surface area contributed by atoms with Crippen molar-refractivity contribution < 1.29 is 42.4 Å². The Hall–Kier alpha value is -5.90. The summed E-state index contributed by atoms with van der Waals surface area (Å²) < 4.78 is 44.9. The minimum absolute atomic E-state index is 0. The molecule has 8 rings (SSSR count). The van der Waals surface area contributed by atoms with Gasteiger partial charge in [-0.2, -0.15) is 72.8 Å². The van der Waals surface area contributed by atoms with Crippen molar-refractivity contribution in [2.24, 2.45) is 0 Å². The molecule has 0 saturated heterocycles. The van der Waals surface area contributed by atoms with Crippen LogP contribution in [0, 0.1) is 80.2 Å². The van der Waals surface area contributed by atoms with Crippen LogP contribution >= 0.6 is 0 Å². The summed E-state index contributed by atoms with van der Waals surface area (Å²) in [4.78, 5) is 3.87. The van der Waals surface area contributed by atoms with E-state index < -0.39 is 11.9 Å². The second-order valence-corrected chi connectivity index (χ2v) is 13.9. The molecular formula is C47H43F3IrN7-3. The Kier molecular flexibility index (Phi) is 13.8. The Bertz CT molecular complexity index is 2350. The Labute approximate surface area is 351 Å². The summed E-state index contributed by atoms with van der Waals surface area (Å²) >= 11 is 0. The zero-order valence-electron chi connectivity index (χ0n) is 33.6. The number of nitrogens with zero attached hydrogens (tertiary/aromatic N) is 7. The molecule has 4 heterocycles. The smallest absolute Gasteiger partial charge is 0.431 e. The van der Waals surface area contributed by atoms with Gasteiger partial charge in [-0.25, -0.2) is 0 Å². The van der Waals surface area contributed by atoms with Crippen LogP contribution in [0.3, 0.4) is 0 Å². The molecule has 0 fully saturated rings. The van der Waals surface area contributed by atoms with Gasteiger partial charge in [0.15, 0.2) is 0 Å². The van der Waals surface area contributed by atoms with E-state index in [1.165, 1.54) is 51.2 Å². The van der Waals surface area contributed by atoms with Crippen LogP contribution in [0.4, 0.5) is 13.2 Å². The monoisotopic (exact) mass is 955 g/mol. The maximum absolute atomic E-state index is 12.2.